The molecule has 0 aromatic heterocycles. The van der Waals surface area contributed by atoms with Crippen molar-refractivity contribution in [3.8, 4) is 0 Å². The number of benzene rings is 2. The number of amides is 1. The molecule has 2 atom stereocenters. The standard InChI is InChI=1S/C24H22ClN3O/c25-19-8-5-7-17(14-19)22-21-10-3-4-13-28(21)23(27-22)24(29)26-15-18-12-11-16-6-1-2-9-20(16)18/h1-10,13-14,18,23,27H,11-12,15H2,(H,26,29). The molecule has 2 aliphatic heterocycles. The number of aryl methyl sites for hydroxylation is 1. The Hall–Kier alpha value is -2.98. The fourth-order valence-electron chi connectivity index (χ4n) is 4.42. The van der Waals surface area contributed by atoms with Gasteiger partial charge in [-0.1, -0.05) is 54.1 Å². The van der Waals surface area contributed by atoms with E-state index >= 15 is 0 Å². The molecule has 146 valence electrons. The molecule has 1 amide bonds. The Morgan fingerprint density at radius 2 is 2.07 bits per heavy atom. The molecule has 3 aliphatic rings. The predicted molar refractivity (Wildman–Crippen MR) is 116 cm³/mol. The quantitative estimate of drug-likeness (QED) is 0.805. The molecular formula is C24H22ClN3O. The zero-order valence-electron chi connectivity index (χ0n) is 15.9. The number of fused-ring (bicyclic) bond motifs is 2. The molecule has 0 spiro atoms. The molecule has 1 aliphatic carbocycles. The first-order valence-corrected chi connectivity index (χ1v) is 10.3. The van der Waals surface area contributed by atoms with Crippen LogP contribution in [0.3, 0.4) is 0 Å². The van der Waals surface area contributed by atoms with E-state index in [0.29, 0.717) is 17.5 Å². The van der Waals surface area contributed by atoms with Crippen molar-refractivity contribution in [2.45, 2.75) is 24.9 Å². The van der Waals surface area contributed by atoms with Gasteiger partial charge in [0.05, 0.1) is 11.4 Å². The minimum Gasteiger partial charge on any atom is -0.355 e. The van der Waals surface area contributed by atoms with Gasteiger partial charge in [0.1, 0.15) is 0 Å². The molecule has 0 bridgehead atoms. The number of halogens is 1. The summed E-state index contributed by atoms with van der Waals surface area (Å²) in [6, 6.07) is 16.2. The number of nitrogens with zero attached hydrogens (tertiary/aromatic N) is 1. The van der Waals surface area contributed by atoms with Crippen LogP contribution in [0.5, 0.6) is 0 Å². The Balaban J connectivity index is 1.32. The van der Waals surface area contributed by atoms with Gasteiger partial charge in [0.15, 0.2) is 6.17 Å². The molecule has 29 heavy (non-hydrogen) atoms. The van der Waals surface area contributed by atoms with E-state index < -0.39 is 6.17 Å². The van der Waals surface area contributed by atoms with Crippen LogP contribution in [0.4, 0.5) is 0 Å². The zero-order chi connectivity index (χ0) is 19.8. The lowest BCUT2D eigenvalue weighted by molar-refractivity contribution is -0.125. The van der Waals surface area contributed by atoms with Crippen molar-refractivity contribution in [2.24, 2.45) is 0 Å². The predicted octanol–water partition coefficient (Wildman–Crippen LogP) is 4.17. The van der Waals surface area contributed by atoms with Crippen LogP contribution in [0.1, 0.15) is 29.0 Å². The summed E-state index contributed by atoms with van der Waals surface area (Å²) in [7, 11) is 0. The first-order chi connectivity index (χ1) is 14.2. The van der Waals surface area contributed by atoms with Gasteiger partial charge in [-0.15, -0.1) is 0 Å². The maximum atomic E-state index is 13.1. The highest BCUT2D eigenvalue weighted by Crippen LogP contribution is 2.33. The molecule has 0 radical (unpaired) electrons. The molecule has 5 rings (SSSR count). The fourth-order valence-corrected chi connectivity index (χ4v) is 4.61. The van der Waals surface area contributed by atoms with Crippen LogP contribution in [-0.2, 0) is 11.2 Å². The second-order valence-electron chi connectivity index (χ2n) is 7.60. The molecule has 0 fully saturated rings. The van der Waals surface area contributed by atoms with Gasteiger partial charge in [-0.25, -0.2) is 0 Å². The lowest BCUT2D eigenvalue weighted by atomic mass is 10.0. The third kappa shape index (κ3) is 3.34. The fraction of sp³-hybridized carbons (Fsp3) is 0.208. The summed E-state index contributed by atoms with van der Waals surface area (Å²) in [6.07, 6.45) is 9.58. The summed E-state index contributed by atoms with van der Waals surface area (Å²) in [5, 5.41) is 7.25. The molecule has 2 aromatic rings. The van der Waals surface area contributed by atoms with Crippen molar-refractivity contribution in [1.29, 1.82) is 0 Å². The van der Waals surface area contributed by atoms with Gasteiger partial charge >= 0.3 is 0 Å². The molecular weight excluding hydrogens is 382 g/mol. The zero-order valence-corrected chi connectivity index (χ0v) is 16.7. The Bertz CT molecular complexity index is 1060. The molecule has 2 unspecified atom stereocenters. The Labute approximate surface area is 175 Å². The number of carbonyl (C=O) groups is 1. The van der Waals surface area contributed by atoms with Crippen molar-refractivity contribution in [3.63, 3.8) is 0 Å². The maximum absolute atomic E-state index is 13.1. The maximum Gasteiger partial charge on any atom is 0.263 e. The largest absolute Gasteiger partial charge is 0.355 e. The van der Waals surface area contributed by atoms with E-state index in [-0.39, 0.29) is 5.91 Å². The lowest BCUT2D eigenvalue weighted by Gasteiger charge is -2.25. The van der Waals surface area contributed by atoms with Crippen molar-refractivity contribution >= 4 is 23.2 Å². The number of hydrogen-bond donors (Lipinski definition) is 2. The van der Waals surface area contributed by atoms with Gasteiger partial charge < -0.3 is 15.5 Å². The van der Waals surface area contributed by atoms with E-state index in [4.69, 9.17) is 11.6 Å². The highest BCUT2D eigenvalue weighted by Gasteiger charge is 2.35. The van der Waals surface area contributed by atoms with Gasteiger partial charge in [0.25, 0.3) is 5.91 Å². The van der Waals surface area contributed by atoms with Gasteiger partial charge in [-0.2, -0.15) is 0 Å². The van der Waals surface area contributed by atoms with Gasteiger partial charge in [0, 0.05) is 29.2 Å². The van der Waals surface area contributed by atoms with E-state index in [1.54, 1.807) is 0 Å². The average Bonchev–Trinajstić information content (AvgIpc) is 3.34. The van der Waals surface area contributed by atoms with Crippen molar-refractivity contribution in [2.75, 3.05) is 6.54 Å². The Morgan fingerprint density at radius 1 is 1.17 bits per heavy atom. The van der Waals surface area contributed by atoms with Crippen LogP contribution in [0.25, 0.3) is 5.70 Å². The second kappa shape index (κ2) is 7.45. The van der Waals surface area contributed by atoms with Gasteiger partial charge in [-0.05, 0) is 48.3 Å². The third-order valence-electron chi connectivity index (χ3n) is 5.85. The van der Waals surface area contributed by atoms with Crippen molar-refractivity contribution < 1.29 is 4.79 Å². The minimum atomic E-state index is -0.475. The van der Waals surface area contributed by atoms with E-state index in [1.165, 1.54) is 11.1 Å². The SMILES string of the molecule is O=C(NCC1CCc2ccccc21)C1NC(c2cccc(Cl)c2)=C2C=CC=CN21. The van der Waals surface area contributed by atoms with Crippen LogP contribution in [0, 0.1) is 0 Å². The van der Waals surface area contributed by atoms with Gasteiger partial charge in [0.2, 0.25) is 0 Å². The molecule has 0 saturated carbocycles. The van der Waals surface area contributed by atoms with E-state index in [2.05, 4.69) is 34.9 Å². The number of hydrogen-bond acceptors (Lipinski definition) is 3. The number of rotatable bonds is 4. The first-order valence-electron chi connectivity index (χ1n) is 9.96. The molecule has 2 aromatic carbocycles. The van der Waals surface area contributed by atoms with Crippen molar-refractivity contribution in [3.05, 3.63) is 100 Å². The third-order valence-corrected chi connectivity index (χ3v) is 6.08. The van der Waals surface area contributed by atoms with Crippen LogP contribution >= 0.6 is 11.6 Å². The smallest absolute Gasteiger partial charge is 0.263 e. The van der Waals surface area contributed by atoms with Crippen LogP contribution in [0.2, 0.25) is 5.02 Å². The van der Waals surface area contributed by atoms with Crippen LogP contribution in [0.15, 0.2) is 78.7 Å². The number of carbonyl (C=O) groups excluding carboxylic acids is 1. The number of allylic oxidation sites excluding steroid dienone is 3. The molecule has 2 N–H and O–H groups in total. The second-order valence-corrected chi connectivity index (χ2v) is 8.04. The Kier molecular flexibility index (Phi) is 4.64. The molecule has 2 heterocycles. The molecule has 4 nitrogen and oxygen atoms in total. The summed E-state index contributed by atoms with van der Waals surface area (Å²) < 4.78 is 0. The monoisotopic (exact) mass is 403 g/mol. The number of nitrogens with one attached hydrogen (secondary N) is 2. The highest BCUT2D eigenvalue weighted by atomic mass is 35.5. The van der Waals surface area contributed by atoms with Gasteiger partial charge in [-0.3, -0.25) is 4.79 Å². The van der Waals surface area contributed by atoms with E-state index in [1.807, 2.05) is 53.6 Å². The average molecular weight is 404 g/mol. The topological polar surface area (TPSA) is 44.4 Å². The van der Waals surface area contributed by atoms with Crippen LogP contribution in [-0.4, -0.2) is 23.5 Å². The van der Waals surface area contributed by atoms with Crippen molar-refractivity contribution in [1.82, 2.24) is 15.5 Å². The van der Waals surface area contributed by atoms with E-state index in [9.17, 15) is 4.79 Å². The lowest BCUT2D eigenvalue weighted by Crippen LogP contribution is -2.48. The molecule has 0 saturated heterocycles. The Morgan fingerprint density at radius 3 is 2.97 bits per heavy atom. The summed E-state index contributed by atoms with van der Waals surface area (Å²) in [4.78, 5) is 15.1. The molecule has 5 heteroatoms. The normalized spacial score (nSPS) is 21.8. The summed E-state index contributed by atoms with van der Waals surface area (Å²) >= 11 is 6.19. The van der Waals surface area contributed by atoms with Crippen LogP contribution < -0.4 is 10.6 Å². The van der Waals surface area contributed by atoms with E-state index in [0.717, 1.165) is 29.8 Å². The first kappa shape index (κ1) is 18.1. The summed E-state index contributed by atoms with van der Waals surface area (Å²) in [5.74, 6) is 0.358. The summed E-state index contributed by atoms with van der Waals surface area (Å²) in [5.41, 5.74) is 5.63. The summed E-state index contributed by atoms with van der Waals surface area (Å²) in [6.45, 7) is 0.656. The minimum absolute atomic E-state index is 0.0242. The highest BCUT2D eigenvalue weighted by molar-refractivity contribution is 6.30.